The highest BCUT2D eigenvalue weighted by atomic mass is 32.2. The molecule has 2 fully saturated rings. The number of aliphatic carboxylic acids is 1. The SMILES string of the molecule is CSc1ccc([N+](=O)[O-])c(C(=O)N2C[C@@H]3CCC[C@@]3(C(=O)O)C2)c1. The van der Waals surface area contributed by atoms with E-state index in [4.69, 9.17) is 0 Å². The van der Waals surface area contributed by atoms with Gasteiger partial charge in [-0.15, -0.1) is 11.8 Å². The van der Waals surface area contributed by atoms with Gasteiger partial charge in [0.15, 0.2) is 0 Å². The number of carbonyl (C=O) groups is 2. The first-order chi connectivity index (χ1) is 11.4. The highest BCUT2D eigenvalue weighted by molar-refractivity contribution is 7.98. The van der Waals surface area contributed by atoms with Gasteiger partial charge in [0.2, 0.25) is 0 Å². The molecule has 0 aromatic heterocycles. The molecule has 1 aromatic rings. The fourth-order valence-electron chi connectivity index (χ4n) is 3.94. The summed E-state index contributed by atoms with van der Waals surface area (Å²) in [5.74, 6) is -1.39. The summed E-state index contributed by atoms with van der Waals surface area (Å²) in [6.45, 7) is 0.484. The van der Waals surface area contributed by atoms with Crippen molar-refractivity contribution >= 4 is 29.3 Å². The van der Waals surface area contributed by atoms with Crippen LogP contribution in [0.3, 0.4) is 0 Å². The van der Waals surface area contributed by atoms with Gasteiger partial charge in [-0.2, -0.15) is 0 Å². The second-order valence-electron chi connectivity index (χ2n) is 6.38. The smallest absolute Gasteiger partial charge is 0.311 e. The molecule has 1 aliphatic heterocycles. The molecule has 0 radical (unpaired) electrons. The first-order valence-electron chi connectivity index (χ1n) is 7.74. The summed E-state index contributed by atoms with van der Waals surface area (Å²) in [5.41, 5.74) is -1.09. The normalized spacial score (nSPS) is 25.5. The minimum absolute atomic E-state index is 0.0346. The number of carbonyl (C=O) groups excluding carboxylic acids is 1. The van der Waals surface area contributed by atoms with E-state index in [2.05, 4.69) is 0 Å². The van der Waals surface area contributed by atoms with Crippen molar-refractivity contribution in [1.29, 1.82) is 0 Å². The van der Waals surface area contributed by atoms with Crippen LogP contribution in [0, 0.1) is 21.4 Å². The van der Waals surface area contributed by atoms with Crippen LogP contribution < -0.4 is 0 Å². The number of hydrogen-bond acceptors (Lipinski definition) is 5. The quantitative estimate of drug-likeness (QED) is 0.509. The van der Waals surface area contributed by atoms with Crippen LogP contribution in [-0.2, 0) is 4.79 Å². The van der Waals surface area contributed by atoms with E-state index in [1.54, 1.807) is 6.07 Å². The molecule has 1 aliphatic carbocycles. The monoisotopic (exact) mass is 350 g/mol. The first-order valence-corrected chi connectivity index (χ1v) is 8.96. The van der Waals surface area contributed by atoms with Crippen LogP contribution in [0.1, 0.15) is 29.6 Å². The minimum Gasteiger partial charge on any atom is -0.481 e. The Balaban J connectivity index is 1.93. The van der Waals surface area contributed by atoms with Gasteiger partial charge in [-0.1, -0.05) is 6.42 Å². The van der Waals surface area contributed by atoms with Gasteiger partial charge in [-0.3, -0.25) is 19.7 Å². The Morgan fingerprint density at radius 2 is 2.21 bits per heavy atom. The van der Waals surface area contributed by atoms with Gasteiger partial charge < -0.3 is 10.0 Å². The van der Waals surface area contributed by atoms with E-state index in [-0.39, 0.29) is 23.7 Å². The van der Waals surface area contributed by atoms with Gasteiger partial charge >= 0.3 is 5.97 Å². The van der Waals surface area contributed by atoms with Gasteiger partial charge in [0.1, 0.15) is 5.56 Å². The van der Waals surface area contributed by atoms with Crippen molar-refractivity contribution in [3.63, 3.8) is 0 Å². The van der Waals surface area contributed by atoms with E-state index >= 15 is 0 Å². The van der Waals surface area contributed by atoms with Crippen molar-refractivity contribution < 1.29 is 19.6 Å². The standard InChI is InChI=1S/C16H18N2O5S/c1-24-11-4-5-13(18(22)23)12(7-11)14(19)17-8-10-3-2-6-16(10,9-17)15(20)21/h4-5,7,10H,2-3,6,8-9H2,1H3,(H,20,21)/t10-,16+/m0/s1. The highest BCUT2D eigenvalue weighted by Gasteiger charge is 2.56. The molecule has 2 atom stereocenters. The second-order valence-corrected chi connectivity index (χ2v) is 7.26. The third-order valence-electron chi connectivity index (χ3n) is 5.21. The Hall–Kier alpha value is -2.09. The van der Waals surface area contributed by atoms with Gasteiger partial charge in [-0.05, 0) is 37.1 Å². The molecule has 0 unspecified atom stereocenters. The van der Waals surface area contributed by atoms with Crippen LogP contribution in [0.5, 0.6) is 0 Å². The molecule has 2 aliphatic rings. The molecule has 128 valence electrons. The lowest BCUT2D eigenvalue weighted by Gasteiger charge is -2.23. The lowest BCUT2D eigenvalue weighted by Crippen LogP contribution is -2.37. The maximum atomic E-state index is 12.9. The van der Waals surface area contributed by atoms with E-state index in [1.165, 1.54) is 28.8 Å². The molecule has 1 N–H and O–H groups in total. The largest absolute Gasteiger partial charge is 0.481 e. The average Bonchev–Trinajstić information content (AvgIpc) is 3.11. The second kappa shape index (κ2) is 6.08. The van der Waals surface area contributed by atoms with Gasteiger partial charge in [0.25, 0.3) is 11.6 Å². The van der Waals surface area contributed by atoms with E-state index < -0.39 is 22.2 Å². The van der Waals surface area contributed by atoms with Gasteiger partial charge in [0.05, 0.1) is 10.3 Å². The molecular formula is C16H18N2O5S. The summed E-state index contributed by atoms with van der Waals surface area (Å²) in [4.78, 5) is 37.5. The Labute approximate surface area is 143 Å². The Morgan fingerprint density at radius 3 is 2.79 bits per heavy atom. The molecule has 1 heterocycles. The summed E-state index contributed by atoms with van der Waals surface area (Å²) < 4.78 is 0. The minimum atomic E-state index is -0.887. The number of benzene rings is 1. The van der Waals surface area contributed by atoms with E-state index in [9.17, 15) is 24.8 Å². The molecule has 1 saturated carbocycles. The summed E-state index contributed by atoms with van der Waals surface area (Å²) in [6, 6.07) is 4.46. The summed E-state index contributed by atoms with van der Waals surface area (Å²) in [7, 11) is 0. The van der Waals surface area contributed by atoms with Crippen molar-refractivity contribution in [3.05, 3.63) is 33.9 Å². The maximum absolute atomic E-state index is 12.9. The molecule has 7 nitrogen and oxygen atoms in total. The number of nitro groups is 1. The van der Waals surface area contributed by atoms with E-state index in [0.29, 0.717) is 13.0 Å². The van der Waals surface area contributed by atoms with E-state index in [1.807, 2.05) is 6.26 Å². The van der Waals surface area contributed by atoms with Crippen molar-refractivity contribution in [1.82, 2.24) is 4.90 Å². The molecule has 1 saturated heterocycles. The lowest BCUT2D eigenvalue weighted by atomic mass is 9.81. The highest BCUT2D eigenvalue weighted by Crippen LogP contribution is 2.49. The Morgan fingerprint density at radius 1 is 1.46 bits per heavy atom. The number of thioether (sulfide) groups is 1. The molecule has 0 spiro atoms. The average molecular weight is 350 g/mol. The molecule has 1 amide bonds. The zero-order valence-corrected chi connectivity index (χ0v) is 14.0. The predicted molar refractivity (Wildman–Crippen MR) is 88.2 cm³/mol. The maximum Gasteiger partial charge on any atom is 0.311 e. The van der Waals surface area contributed by atoms with Crippen LogP contribution >= 0.6 is 11.8 Å². The lowest BCUT2D eigenvalue weighted by molar-refractivity contribution is -0.385. The van der Waals surface area contributed by atoms with Crippen LogP contribution in [0.2, 0.25) is 0 Å². The van der Waals surface area contributed by atoms with Gasteiger partial charge in [0, 0.05) is 24.1 Å². The number of likely N-dealkylation sites (tertiary alicyclic amines) is 1. The number of carboxylic acid groups (broad SMARTS) is 1. The number of fused-ring (bicyclic) bond motifs is 1. The zero-order valence-electron chi connectivity index (χ0n) is 13.2. The molecule has 8 heteroatoms. The molecular weight excluding hydrogens is 332 g/mol. The molecule has 24 heavy (non-hydrogen) atoms. The van der Waals surface area contributed by atoms with Crippen LogP contribution in [-0.4, -0.2) is 46.2 Å². The zero-order chi connectivity index (χ0) is 17.5. The third-order valence-corrected chi connectivity index (χ3v) is 5.94. The van der Waals surface area contributed by atoms with Crippen molar-refractivity contribution in [2.75, 3.05) is 19.3 Å². The first kappa shape index (κ1) is 16.8. The van der Waals surface area contributed by atoms with Crippen molar-refractivity contribution in [2.45, 2.75) is 24.2 Å². The number of nitrogens with zero attached hydrogens (tertiary/aromatic N) is 2. The van der Waals surface area contributed by atoms with Crippen molar-refractivity contribution in [2.24, 2.45) is 11.3 Å². The van der Waals surface area contributed by atoms with Crippen molar-refractivity contribution in [3.8, 4) is 0 Å². The molecule has 0 bridgehead atoms. The Kier molecular flexibility index (Phi) is 4.25. The van der Waals surface area contributed by atoms with Crippen LogP contribution in [0.4, 0.5) is 5.69 Å². The number of carboxylic acids is 1. The Bertz CT molecular complexity index is 722. The number of nitro benzene ring substituents is 1. The summed E-state index contributed by atoms with van der Waals surface area (Å²) in [5, 5.41) is 20.9. The van der Waals surface area contributed by atoms with Crippen LogP contribution in [0.25, 0.3) is 0 Å². The fraction of sp³-hybridized carbons (Fsp3) is 0.500. The topological polar surface area (TPSA) is 101 Å². The molecule has 1 aromatic carbocycles. The third kappa shape index (κ3) is 2.54. The summed E-state index contributed by atoms with van der Waals surface area (Å²) in [6.07, 6.45) is 4.02. The summed E-state index contributed by atoms with van der Waals surface area (Å²) >= 11 is 1.40. The fourth-order valence-corrected chi connectivity index (χ4v) is 4.38. The molecule has 3 rings (SSSR count). The van der Waals surface area contributed by atoms with Gasteiger partial charge in [-0.25, -0.2) is 0 Å². The predicted octanol–water partition coefficient (Wildman–Crippen LogP) is 2.64. The van der Waals surface area contributed by atoms with E-state index in [0.717, 1.165) is 17.7 Å². The number of amides is 1. The number of hydrogen-bond donors (Lipinski definition) is 1. The number of rotatable bonds is 4. The van der Waals surface area contributed by atoms with Crippen LogP contribution in [0.15, 0.2) is 23.1 Å².